The van der Waals surface area contributed by atoms with Crippen molar-refractivity contribution in [3.05, 3.63) is 24.3 Å². The Morgan fingerprint density at radius 1 is 1.40 bits per heavy atom. The Morgan fingerprint density at radius 3 is 2.80 bits per heavy atom. The van der Waals surface area contributed by atoms with Gasteiger partial charge in [-0.05, 0) is 31.4 Å². The molecule has 84 valence electrons. The molecule has 0 aliphatic rings. The van der Waals surface area contributed by atoms with E-state index in [-0.39, 0.29) is 6.04 Å². The van der Waals surface area contributed by atoms with Crippen molar-refractivity contribution in [2.75, 3.05) is 18.6 Å². The normalized spacial score (nSPS) is 14.9. The highest BCUT2D eigenvalue weighted by atomic mass is 32.2. The molecular weight excluding hydrogens is 206 g/mol. The molecule has 2 atom stereocenters. The molecule has 0 saturated carbocycles. The van der Waals surface area contributed by atoms with E-state index < -0.39 is 0 Å². The Hall–Kier alpha value is -0.610. The van der Waals surface area contributed by atoms with Gasteiger partial charge in [-0.25, -0.2) is 0 Å². The van der Waals surface area contributed by atoms with Gasteiger partial charge in [-0.2, -0.15) is 11.8 Å². The van der Waals surface area contributed by atoms with Gasteiger partial charge in [0.05, 0.1) is 5.69 Å². The molecule has 0 bridgehead atoms. The van der Waals surface area contributed by atoms with Gasteiger partial charge in [0.1, 0.15) is 0 Å². The van der Waals surface area contributed by atoms with Gasteiger partial charge in [-0.1, -0.05) is 6.92 Å². The molecule has 0 radical (unpaired) electrons. The average molecular weight is 225 g/mol. The third-order valence-electron chi connectivity index (χ3n) is 2.25. The van der Waals surface area contributed by atoms with E-state index in [1.54, 1.807) is 12.4 Å². The summed E-state index contributed by atoms with van der Waals surface area (Å²) in [5, 5.41) is 3.47. The second kappa shape index (κ2) is 6.80. The zero-order valence-electron chi connectivity index (χ0n) is 9.60. The van der Waals surface area contributed by atoms with Gasteiger partial charge in [0.15, 0.2) is 0 Å². The van der Waals surface area contributed by atoms with Gasteiger partial charge >= 0.3 is 0 Å². The molecular formula is C11H19N3S. The molecule has 0 spiro atoms. The molecule has 1 aromatic heterocycles. The lowest BCUT2D eigenvalue weighted by atomic mass is 10.2. The van der Waals surface area contributed by atoms with Crippen LogP contribution < -0.4 is 5.32 Å². The Labute approximate surface area is 96.1 Å². The van der Waals surface area contributed by atoms with Crippen molar-refractivity contribution in [2.24, 2.45) is 5.92 Å². The topological polar surface area (TPSA) is 37.8 Å². The fourth-order valence-electron chi connectivity index (χ4n) is 1.36. The van der Waals surface area contributed by atoms with Gasteiger partial charge in [0.2, 0.25) is 0 Å². The average Bonchev–Trinajstić information content (AvgIpc) is 2.27. The van der Waals surface area contributed by atoms with Crippen molar-refractivity contribution >= 4 is 11.8 Å². The van der Waals surface area contributed by atoms with Crippen LogP contribution in [0.3, 0.4) is 0 Å². The van der Waals surface area contributed by atoms with Crippen LogP contribution in [0.15, 0.2) is 18.6 Å². The number of hydrogen-bond donors (Lipinski definition) is 1. The standard InChI is InChI=1S/C11H19N3S/c1-9(8-15-3)6-14-10(2)11-7-12-4-5-13-11/h4-5,7,9-10,14H,6,8H2,1-3H3. The highest BCUT2D eigenvalue weighted by Crippen LogP contribution is 2.09. The van der Waals surface area contributed by atoms with E-state index in [4.69, 9.17) is 0 Å². The predicted octanol–water partition coefficient (Wildman–Crippen LogP) is 2.13. The molecule has 1 N–H and O–H groups in total. The zero-order chi connectivity index (χ0) is 11.1. The maximum Gasteiger partial charge on any atom is 0.0753 e. The summed E-state index contributed by atoms with van der Waals surface area (Å²) in [6, 6.07) is 0.281. The monoisotopic (exact) mass is 225 g/mol. The lowest BCUT2D eigenvalue weighted by Gasteiger charge is -2.16. The summed E-state index contributed by atoms with van der Waals surface area (Å²) in [5.74, 6) is 1.89. The van der Waals surface area contributed by atoms with Gasteiger partial charge in [-0.15, -0.1) is 0 Å². The summed E-state index contributed by atoms with van der Waals surface area (Å²) in [5.41, 5.74) is 1.01. The van der Waals surface area contributed by atoms with Crippen LogP contribution in [0.4, 0.5) is 0 Å². The van der Waals surface area contributed by atoms with Crippen LogP contribution in [0.25, 0.3) is 0 Å². The minimum Gasteiger partial charge on any atom is -0.309 e. The number of rotatable bonds is 6. The number of hydrogen-bond acceptors (Lipinski definition) is 4. The third-order valence-corrected chi connectivity index (χ3v) is 3.15. The van der Waals surface area contributed by atoms with Crippen molar-refractivity contribution in [3.8, 4) is 0 Å². The second-order valence-corrected chi connectivity index (χ2v) is 4.73. The first kappa shape index (κ1) is 12.5. The van der Waals surface area contributed by atoms with Crippen molar-refractivity contribution in [1.82, 2.24) is 15.3 Å². The molecule has 0 aromatic carbocycles. The minimum atomic E-state index is 0.281. The molecule has 1 rings (SSSR count). The molecule has 1 heterocycles. The van der Waals surface area contributed by atoms with E-state index in [2.05, 4.69) is 35.4 Å². The lowest BCUT2D eigenvalue weighted by molar-refractivity contribution is 0.493. The molecule has 0 aliphatic carbocycles. The van der Waals surface area contributed by atoms with Gasteiger partial charge < -0.3 is 5.32 Å². The molecule has 1 aromatic rings. The molecule has 0 aliphatic heterocycles. The Balaban J connectivity index is 2.33. The molecule has 2 unspecified atom stereocenters. The summed E-state index contributed by atoms with van der Waals surface area (Å²) in [7, 11) is 0. The van der Waals surface area contributed by atoms with Crippen LogP contribution in [0.5, 0.6) is 0 Å². The first-order chi connectivity index (χ1) is 7.24. The third kappa shape index (κ3) is 4.62. The van der Waals surface area contributed by atoms with E-state index in [0.29, 0.717) is 5.92 Å². The van der Waals surface area contributed by atoms with Crippen molar-refractivity contribution in [1.29, 1.82) is 0 Å². The first-order valence-electron chi connectivity index (χ1n) is 5.22. The SMILES string of the molecule is CSCC(C)CNC(C)c1cnccn1. The number of nitrogens with zero attached hydrogens (tertiary/aromatic N) is 2. The highest BCUT2D eigenvalue weighted by Gasteiger charge is 2.07. The molecule has 15 heavy (non-hydrogen) atoms. The van der Waals surface area contributed by atoms with Gasteiger partial charge in [-0.3, -0.25) is 9.97 Å². The quantitative estimate of drug-likeness (QED) is 0.805. The number of nitrogens with one attached hydrogen (secondary N) is 1. The Bertz CT molecular complexity index is 266. The molecule has 0 saturated heterocycles. The van der Waals surface area contributed by atoms with E-state index in [9.17, 15) is 0 Å². The fourth-order valence-corrected chi connectivity index (χ4v) is 2.05. The maximum atomic E-state index is 4.27. The van der Waals surface area contributed by atoms with Crippen LogP contribution in [0, 0.1) is 5.92 Å². The number of thioether (sulfide) groups is 1. The minimum absolute atomic E-state index is 0.281. The first-order valence-corrected chi connectivity index (χ1v) is 6.61. The van der Waals surface area contributed by atoms with Crippen LogP contribution >= 0.6 is 11.8 Å². The highest BCUT2D eigenvalue weighted by molar-refractivity contribution is 7.98. The predicted molar refractivity (Wildman–Crippen MR) is 66.0 cm³/mol. The van der Waals surface area contributed by atoms with Crippen molar-refractivity contribution < 1.29 is 0 Å². The van der Waals surface area contributed by atoms with Crippen molar-refractivity contribution in [2.45, 2.75) is 19.9 Å². The molecule has 4 heteroatoms. The smallest absolute Gasteiger partial charge is 0.0753 e. The van der Waals surface area contributed by atoms with E-state index >= 15 is 0 Å². The van der Waals surface area contributed by atoms with E-state index in [0.717, 1.165) is 12.2 Å². The van der Waals surface area contributed by atoms with Crippen LogP contribution in [0.1, 0.15) is 25.6 Å². The number of aromatic nitrogens is 2. The van der Waals surface area contributed by atoms with Crippen LogP contribution in [-0.2, 0) is 0 Å². The second-order valence-electron chi connectivity index (χ2n) is 3.82. The Morgan fingerprint density at radius 2 is 2.20 bits per heavy atom. The summed E-state index contributed by atoms with van der Waals surface area (Å²) >= 11 is 1.89. The van der Waals surface area contributed by atoms with Gasteiger partial charge in [0, 0.05) is 24.6 Å². The fraction of sp³-hybridized carbons (Fsp3) is 0.636. The molecule has 0 fully saturated rings. The van der Waals surface area contributed by atoms with Crippen molar-refractivity contribution in [3.63, 3.8) is 0 Å². The van der Waals surface area contributed by atoms with Crippen LogP contribution in [0.2, 0.25) is 0 Å². The molecule has 3 nitrogen and oxygen atoms in total. The summed E-state index contributed by atoms with van der Waals surface area (Å²) in [6.07, 6.45) is 7.39. The maximum absolute atomic E-state index is 4.27. The van der Waals surface area contributed by atoms with Gasteiger partial charge in [0.25, 0.3) is 0 Å². The summed E-state index contributed by atoms with van der Waals surface area (Å²) in [6.45, 7) is 5.40. The summed E-state index contributed by atoms with van der Waals surface area (Å²) < 4.78 is 0. The van der Waals surface area contributed by atoms with Crippen LogP contribution in [-0.4, -0.2) is 28.5 Å². The summed E-state index contributed by atoms with van der Waals surface area (Å²) in [4.78, 5) is 8.33. The zero-order valence-corrected chi connectivity index (χ0v) is 10.4. The molecule has 0 amide bonds. The van der Waals surface area contributed by atoms with E-state index in [1.807, 2.05) is 18.0 Å². The van der Waals surface area contributed by atoms with E-state index in [1.165, 1.54) is 5.75 Å². The largest absolute Gasteiger partial charge is 0.309 e. The lowest BCUT2D eigenvalue weighted by Crippen LogP contribution is -2.26. The Kier molecular flexibility index (Phi) is 5.65.